The highest BCUT2D eigenvalue weighted by Crippen LogP contribution is 2.31. The first kappa shape index (κ1) is 26.0. The van der Waals surface area contributed by atoms with Gasteiger partial charge >= 0.3 is 0 Å². The maximum atomic E-state index is 6.51. The molecular weight excluding hydrogens is 391 g/mol. The van der Waals surface area contributed by atoms with E-state index in [4.69, 9.17) is 39.2 Å². The van der Waals surface area contributed by atoms with Crippen LogP contribution >= 0.6 is 34.8 Å². The molecule has 0 atom stereocenters. The molecule has 1 nitrogen and oxygen atoms in total. The van der Waals surface area contributed by atoms with Gasteiger partial charge in [-0.1, -0.05) is 57.8 Å². The standard InChI is InChI=1S/C20H41Cl3OSi/c1-2-24-25(18-12-6-3-9-15-21,19-13-7-4-10-16-22)20-14-8-5-11-17-23/h2-20H2,1H3. The molecule has 0 bridgehead atoms. The fourth-order valence-corrected chi connectivity index (χ4v) is 8.63. The van der Waals surface area contributed by atoms with E-state index >= 15 is 0 Å². The van der Waals surface area contributed by atoms with Crippen molar-refractivity contribution in [3.8, 4) is 0 Å². The molecule has 152 valence electrons. The lowest BCUT2D eigenvalue weighted by molar-refractivity contribution is 0.313. The first-order valence-electron chi connectivity index (χ1n) is 10.6. The molecule has 0 radical (unpaired) electrons. The molecule has 0 spiro atoms. The number of rotatable bonds is 20. The van der Waals surface area contributed by atoms with Crippen LogP contribution in [-0.2, 0) is 4.43 Å². The Hall–Kier alpha value is 1.05. The Kier molecular flexibility index (Phi) is 20.6. The predicted molar refractivity (Wildman–Crippen MR) is 119 cm³/mol. The molecule has 0 unspecified atom stereocenters. The smallest absolute Gasteiger partial charge is 0.192 e. The highest BCUT2D eigenvalue weighted by Gasteiger charge is 2.32. The summed E-state index contributed by atoms with van der Waals surface area (Å²) in [6, 6.07) is 4.02. The number of alkyl halides is 3. The normalized spacial score (nSPS) is 12.0. The molecular formula is C20H41Cl3OSi. The zero-order valence-corrected chi connectivity index (χ0v) is 19.7. The van der Waals surface area contributed by atoms with Gasteiger partial charge in [0.2, 0.25) is 0 Å². The van der Waals surface area contributed by atoms with Gasteiger partial charge < -0.3 is 4.43 Å². The third-order valence-corrected chi connectivity index (χ3v) is 10.5. The Labute approximate surface area is 173 Å². The second-order valence-electron chi connectivity index (χ2n) is 7.18. The molecule has 0 aromatic carbocycles. The second-order valence-corrected chi connectivity index (χ2v) is 12.5. The van der Waals surface area contributed by atoms with E-state index < -0.39 is 8.32 Å². The van der Waals surface area contributed by atoms with Crippen molar-refractivity contribution in [1.82, 2.24) is 0 Å². The first-order valence-corrected chi connectivity index (χ1v) is 14.7. The third-order valence-electron chi connectivity index (χ3n) is 5.00. The molecule has 0 heterocycles. The summed E-state index contributed by atoms with van der Waals surface area (Å²) in [6.45, 7) is 3.06. The van der Waals surface area contributed by atoms with Gasteiger partial charge in [-0.3, -0.25) is 0 Å². The Bertz CT molecular complexity index is 231. The molecule has 0 fully saturated rings. The molecule has 5 heteroatoms. The van der Waals surface area contributed by atoms with Gasteiger partial charge in [0.25, 0.3) is 0 Å². The topological polar surface area (TPSA) is 9.23 Å². The van der Waals surface area contributed by atoms with Gasteiger partial charge in [-0.2, -0.15) is 0 Å². The van der Waals surface area contributed by atoms with Crippen LogP contribution in [0.3, 0.4) is 0 Å². The summed E-state index contributed by atoms with van der Waals surface area (Å²) in [4.78, 5) is 0. The van der Waals surface area contributed by atoms with Crippen LogP contribution in [0.25, 0.3) is 0 Å². The van der Waals surface area contributed by atoms with Crippen molar-refractivity contribution in [1.29, 1.82) is 0 Å². The molecule has 0 aromatic rings. The van der Waals surface area contributed by atoms with Crippen LogP contribution in [0, 0.1) is 0 Å². The molecule has 0 aromatic heterocycles. The van der Waals surface area contributed by atoms with Gasteiger partial charge in [-0.05, 0) is 44.3 Å². The lowest BCUT2D eigenvalue weighted by Gasteiger charge is -2.32. The van der Waals surface area contributed by atoms with E-state index in [9.17, 15) is 0 Å². The molecule has 0 aliphatic heterocycles. The minimum absolute atomic E-state index is 0.801. The van der Waals surface area contributed by atoms with Crippen LogP contribution in [0.1, 0.15) is 84.0 Å². The van der Waals surface area contributed by atoms with Crippen molar-refractivity contribution in [2.75, 3.05) is 24.2 Å². The van der Waals surface area contributed by atoms with Gasteiger partial charge in [0.15, 0.2) is 8.32 Å². The molecule has 25 heavy (non-hydrogen) atoms. The summed E-state index contributed by atoms with van der Waals surface area (Å²) >= 11 is 17.4. The molecule has 0 N–H and O–H groups in total. The summed E-state index contributed by atoms with van der Waals surface area (Å²) in [5, 5.41) is 0. The maximum Gasteiger partial charge on any atom is 0.192 e. The highest BCUT2D eigenvalue weighted by atomic mass is 35.5. The van der Waals surface area contributed by atoms with Gasteiger partial charge in [0.05, 0.1) is 0 Å². The Morgan fingerprint density at radius 2 is 0.840 bits per heavy atom. The summed E-state index contributed by atoms with van der Waals surface area (Å²) in [6.07, 6.45) is 15.2. The van der Waals surface area contributed by atoms with Gasteiger partial charge in [-0.25, -0.2) is 0 Å². The molecule has 0 saturated carbocycles. The van der Waals surface area contributed by atoms with E-state index in [2.05, 4.69) is 6.92 Å². The van der Waals surface area contributed by atoms with Crippen molar-refractivity contribution in [2.24, 2.45) is 0 Å². The lowest BCUT2D eigenvalue weighted by Crippen LogP contribution is -2.38. The molecule has 0 aliphatic rings. The summed E-state index contributed by atoms with van der Waals surface area (Å²) in [5.41, 5.74) is 0. The fraction of sp³-hybridized carbons (Fsp3) is 1.00. The highest BCUT2D eigenvalue weighted by molar-refractivity contribution is 6.73. The average Bonchev–Trinajstić information content (AvgIpc) is 2.61. The zero-order chi connectivity index (χ0) is 18.6. The van der Waals surface area contributed by atoms with Crippen LogP contribution in [0.4, 0.5) is 0 Å². The Morgan fingerprint density at radius 3 is 1.12 bits per heavy atom. The van der Waals surface area contributed by atoms with Gasteiger partial charge in [0.1, 0.15) is 0 Å². The van der Waals surface area contributed by atoms with Crippen molar-refractivity contribution < 1.29 is 4.43 Å². The van der Waals surface area contributed by atoms with E-state index in [1.54, 1.807) is 0 Å². The van der Waals surface area contributed by atoms with Gasteiger partial charge in [-0.15, -0.1) is 34.8 Å². The molecule has 0 saturated heterocycles. The lowest BCUT2D eigenvalue weighted by atomic mass is 10.2. The number of hydrogen-bond acceptors (Lipinski definition) is 1. The fourth-order valence-electron chi connectivity index (χ4n) is 3.58. The van der Waals surface area contributed by atoms with E-state index in [0.29, 0.717) is 0 Å². The molecule has 0 aliphatic carbocycles. The monoisotopic (exact) mass is 430 g/mol. The van der Waals surface area contributed by atoms with E-state index in [1.165, 1.54) is 75.9 Å². The SMILES string of the molecule is CCO[Si](CCCCCCCl)(CCCCCCCl)CCCCCCCl. The largest absolute Gasteiger partial charge is 0.417 e. The van der Waals surface area contributed by atoms with E-state index in [-0.39, 0.29) is 0 Å². The Balaban J connectivity index is 4.40. The van der Waals surface area contributed by atoms with E-state index in [1.807, 2.05) is 0 Å². The van der Waals surface area contributed by atoms with Crippen LogP contribution in [0.2, 0.25) is 18.1 Å². The van der Waals surface area contributed by atoms with Crippen molar-refractivity contribution >= 4 is 43.1 Å². The van der Waals surface area contributed by atoms with Gasteiger partial charge in [0, 0.05) is 24.2 Å². The Morgan fingerprint density at radius 1 is 0.520 bits per heavy atom. The maximum absolute atomic E-state index is 6.51. The summed E-state index contributed by atoms with van der Waals surface area (Å²) in [5.74, 6) is 2.40. The second kappa shape index (κ2) is 19.8. The summed E-state index contributed by atoms with van der Waals surface area (Å²) in [7, 11) is -1.58. The third kappa shape index (κ3) is 15.8. The quantitative estimate of drug-likeness (QED) is 0.107. The van der Waals surface area contributed by atoms with E-state index in [0.717, 1.165) is 43.5 Å². The number of halogens is 3. The first-order chi connectivity index (χ1) is 12.2. The molecule has 0 rings (SSSR count). The molecule has 0 amide bonds. The van der Waals surface area contributed by atoms with Crippen LogP contribution in [-0.4, -0.2) is 32.6 Å². The number of unbranched alkanes of at least 4 members (excludes halogenated alkanes) is 9. The average molecular weight is 432 g/mol. The summed E-state index contributed by atoms with van der Waals surface area (Å²) < 4.78 is 6.51. The van der Waals surface area contributed by atoms with Crippen molar-refractivity contribution in [3.63, 3.8) is 0 Å². The van der Waals surface area contributed by atoms with Crippen molar-refractivity contribution in [3.05, 3.63) is 0 Å². The number of hydrogen-bond donors (Lipinski definition) is 0. The van der Waals surface area contributed by atoms with Crippen LogP contribution in [0.5, 0.6) is 0 Å². The minimum atomic E-state index is -1.58. The predicted octanol–water partition coefficient (Wildman–Crippen LogP) is 8.37. The van der Waals surface area contributed by atoms with Crippen molar-refractivity contribution in [2.45, 2.75) is 102 Å². The minimum Gasteiger partial charge on any atom is -0.417 e. The van der Waals surface area contributed by atoms with Crippen LogP contribution in [0.15, 0.2) is 0 Å². The van der Waals surface area contributed by atoms with Crippen LogP contribution < -0.4 is 0 Å². The zero-order valence-electron chi connectivity index (χ0n) is 16.5.